The van der Waals surface area contributed by atoms with Gasteiger partial charge in [-0.25, -0.2) is 14.7 Å². The lowest BCUT2D eigenvalue weighted by molar-refractivity contribution is -0.120. The fourth-order valence-corrected chi connectivity index (χ4v) is 4.20. The third kappa shape index (κ3) is 4.27. The van der Waals surface area contributed by atoms with Gasteiger partial charge in [0.2, 0.25) is 0 Å². The fraction of sp³-hybridized carbons (Fsp3) is 0.458. The summed E-state index contributed by atoms with van der Waals surface area (Å²) >= 11 is 0. The van der Waals surface area contributed by atoms with E-state index in [2.05, 4.69) is 33.4 Å². The second kappa shape index (κ2) is 8.78. The molecule has 2 amide bonds. The average molecular weight is 435 g/mol. The molecule has 2 aliphatic heterocycles. The number of aromatic nitrogens is 3. The number of pyridine rings is 1. The number of nitrogens with one attached hydrogen (secondary N) is 1. The molecule has 0 radical (unpaired) electrons. The number of hydrogen-bond acceptors (Lipinski definition) is 5. The van der Waals surface area contributed by atoms with Gasteiger partial charge in [-0.3, -0.25) is 9.59 Å². The zero-order valence-corrected chi connectivity index (χ0v) is 19.3. The molecule has 0 aromatic carbocycles. The highest BCUT2D eigenvalue weighted by Crippen LogP contribution is 2.27. The highest BCUT2D eigenvalue weighted by Gasteiger charge is 2.25. The minimum atomic E-state index is -0.436. The molecule has 0 saturated heterocycles. The maximum atomic E-state index is 13.3. The van der Waals surface area contributed by atoms with Crippen molar-refractivity contribution in [2.24, 2.45) is 10.9 Å². The Bertz CT molecular complexity index is 1170. The van der Waals surface area contributed by atoms with Crippen LogP contribution < -0.4 is 5.32 Å². The van der Waals surface area contributed by atoms with Crippen LogP contribution in [0.15, 0.2) is 35.0 Å². The number of carbonyl (C=O) groups is 2. The molecule has 4 heterocycles. The Kier molecular flexibility index (Phi) is 6.06. The quantitative estimate of drug-likeness (QED) is 0.781. The highest BCUT2D eigenvalue weighted by molar-refractivity contribution is 6.07. The van der Waals surface area contributed by atoms with E-state index in [9.17, 15) is 9.59 Å². The lowest BCUT2D eigenvalue weighted by Crippen LogP contribution is -2.34. The molecule has 0 spiro atoms. The summed E-state index contributed by atoms with van der Waals surface area (Å²) in [5.41, 5.74) is 4.79. The number of fused-ring (bicyclic) bond motifs is 1. The number of dihydropyridines is 1. The van der Waals surface area contributed by atoms with Crippen LogP contribution in [0.25, 0.3) is 16.6 Å². The molecule has 0 saturated carbocycles. The molecule has 0 aliphatic carbocycles. The first-order valence-corrected chi connectivity index (χ1v) is 11.1. The Labute approximate surface area is 188 Å². The lowest BCUT2D eigenvalue weighted by Gasteiger charge is -2.22. The standard InChI is InChI=1S/C24H30N6O2/c1-14(2)30-22-20(13-26-30)18(11-21(28-22)17-6-8-29(5)9-7-17)23(31)25-12-19-15(3)10-16(4)27-24(19)32/h6,10-11,13-14,19H,7-9,12H2,1-5H3,(H,25,31). The first-order valence-electron chi connectivity index (χ1n) is 11.1. The summed E-state index contributed by atoms with van der Waals surface area (Å²) in [6, 6.07) is 1.97. The van der Waals surface area contributed by atoms with E-state index < -0.39 is 5.92 Å². The summed E-state index contributed by atoms with van der Waals surface area (Å²) in [5.74, 6) is -0.885. The van der Waals surface area contributed by atoms with E-state index in [-0.39, 0.29) is 24.4 Å². The van der Waals surface area contributed by atoms with Crippen molar-refractivity contribution in [1.82, 2.24) is 25.0 Å². The van der Waals surface area contributed by atoms with Gasteiger partial charge in [-0.2, -0.15) is 5.10 Å². The Hall–Kier alpha value is -3.13. The molecule has 1 unspecified atom stereocenters. The number of allylic oxidation sites excluding steroid dienone is 1. The normalized spacial score (nSPS) is 19.8. The van der Waals surface area contributed by atoms with Crippen LogP contribution in [0.4, 0.5) is 0 Å². The highest BCUT2D eigenvalue weighted by atomic mass is 16.2. The minimum absolute atomic E-state index is 0.117. The maximum Gasteiger partial charge on any atom is 0.254 e. The van der Waals surface area contributed by atoms with Crippen LogP contribution in [0.3, 0.4) is 0 Å². The third-order valence-electron chi connectivity index (χ3n) is 6.08. The van der Waals surface area contributed by atoms with Crippen LogP contribution in [0.1, 0.15) is 56.2 Å². The van der Waals surface area contributed by atoms with E-state index >= 15 is 0 Å². The zero-order valence-electron chi connectivity index (χ0n) is 19.3. The van der Waals surface area contributed by atoms with Gasteiger partial charge in [-0.1, -0.05) is 11.6 Å². The smallest absolute Gasteiger partial charge is 0.254 e. The molecule has 1 atom stereocenters. The number of aliphatic imine (C=N–C) groups is 1. The van der Waals surface area contributed by atoms with Crippen molar-refractivity contribution < 1.29 is 9.59 Å². The summed E-state index contributed by atoms with van der Waals surface area (Å²) < 4.78 is 1.85. The number of nitrogens with zero attached hydrogens (tertiary/aromatic N) is 5. The van der Waals surface area contributed by atoms with Gasteiger partial charge in [0.1, 0.15) is 0 Å². The summed E-state index contributed by atoms with van der Waals surface area (Å²) in [4.78, 5) is 36.8. The molecule has 32 heavy (non-hydrogen) atoms. The van der Waals surface area contributed by atoms with Crippen molar-refractivity contribution in [3.63, 3.8) is 0 Å². The van der Waals surface area contributed by atoms with Crippen molar-refractivity contribution in [3.8, 4) is 0 Å². The van der Waals surface area contributed by atoms with Gasteiger partial charge in [0, 0.05) is 31.4 Å². The van der Waals surface area contributed by atoms with E-state index in [1.165, 1.54) is 0 Å². The predicted molar refractivity (Wildman–Crippen MR) is 126 cm³/mol. The Morgan fingerprint density at radius 2 is 2.09 bits per heavy atom. The Morgan fingerprint density at radius 3 is 2.75 bits per heavy atom. The van der Waals surface area contributed by atoms with Crippen molar-refractivity contribution in [3.05, 3.63) is 41.2 Å². The monoisotopic (exact) mass is 434 g/mol. The van der Waals surface area contributed by atoms with Crippen molar-refractivity contribution >= 4 is 34.1 Å². The number of likely N-dealkylation sites (N-methyl/N-ethyl adjacent to an activating group) is 1. The second-order valence-electron chi connectivity index (χ2n) is 8.96. The molecular formula is C24H30N6O2. The van der Waals surface area contributed by atoms with E-state index in [0.29, 0.717) is 22.3 Å². The number of rotatable bonds is 5. The van der Waals surface area contributed by atoms with Gasteiger partial charge < -0.3 is 10.2 Å². The molecule has 0 bridgehead atoms. The van der Waals surface area contributed by atoms with Gasteiger partial charge in [-0.05, 0) is 58.9 Å². The molecule has 2 aromatic heterocycles. The summed E-state index contributed by atoms with van der Waals surface area (Å²) in [7, 11) is 2.09. The van der Waals surface area contributed by atoms with Crippen LogP contribution in [-0.4, -0.2) is 63.9 Å². The van der Waals surface area contributed by atoms with Gasteiger partial charge in [0.05, 0.1) is 28.8 Å². The molecule has 8 heteroatoms. The van der Waals surface area contributed by atoms with Crippen molar-refractivity contribution in [2.75, 3.05) is 26.7 Å². The van der Waals surface area contributed by atoms with Crippen LogP contribution in [0, 0.1) is 5.92 Å². The summed E-state index contributed by atoms with van der Waals surface area (Å²) in [5, 5.41) is 8.15. The molecule has 4 rings (SSSR count). The van der Waals surface area contributed by atoms with Gasteiger partial charge in [0.15, 0.2) is 5.65 Å². The summed E-state index contributed by atoms with van der Waals surface area (Å²) in [6.07, 6.45) is 6.64. The Balaban J connectivity index is 1.67. The number of amides is 2. The first-order chi connectivity index (χ1) is 15.2. The lowest BCUT2D eigenvalue weighted by atomic mass is 9.95. The predicted octanol–water partition coefficient (Wildman–Crippen LogP) is 3.02. The van der Waals surface area contributed by atoms with Crippen LogP contribution in [-0.2, 0) is 4.79 Å². The van der Waals surface area contributed by atoms with Crippen molar-refractivity contribution in [1.29, 1.82) is 0 Å². The Morgan fingerprint density at radius 1 is 1.31 bits per heavy atom. The van der Waals surface area contributed by atoms with E-state index in [0.717, 1.165) is 36.4 Å². The largest absolute Gasteiger partial charge is 0.351 e. The SMILES string of the molecule is CC1=CC(C)=NC(=O)C1CNC(=O)c1cc(C2=CCN(C)CC2)nc2c1cnn2C(C)C. The van der Waals surface area contributed by atoms with Crippen LogP contribution >= 0.6 is 0 Å². The molecule has 8 nitrogen and oxygen atoms in total. The molecule has 2 aromatic rings. The van der Waals surface area contributed by atoms with Gasteiger partial charge >= 0.3 is 0 Å². The average Bonchev–Trinajstić information content (AvgIpc) is 3.17. The molecule has 0 fully saturated rings. The van der Waals surface area contributed by atoms with Crippen LogP contribution in [0.2, 0.25) is 0 Å². The topological polar surface area (TPSA) is 92.5 Å². The van der Waals surface area contributed by atoms with E-state index in [1.54, 1.807) is 13.1 Å². The molecule has 1 N–H and O–H groups in total. The molecular weight excluding hydrogens is 404 g/mol. The first kappa shape index (κ1) is 22.1. The van der Waals surface area contributed by atoms with Crippen molar-refractivity contribution in [2.45, 2.75) is 40.2 Å². The van der Waals surface area contributed by atoms with Crippen LogP contribution in [0.5, 0.6) is 0 Å². The minimum Gasteiger partial charge on any atom is -0.351 e. The van der Waals surface area contributed by atoms with E-state index in [4.69, 9.17) is 4.98 Å². The maximum absolute atomic E-state index is 13.3. The van der Waals surface area contributed by atoms with Gasteiger partial charge in [-0.15, -0.1) is 0 Å². The second-order valence-corrected chi connectivity index (χ2v) is 8.96. The molecule has 168 valence electrons. The summed E-state index contributed by atoms with van der Waals surface area (Å²) in [6.45, 7) is 9.80. The zero-order chi connectivity index (χ0) is 23.0. The number of hydrogen-bond donors (Lipinski definition) is 1. The van der Waals surface area contributed by atoms with Gasteiger partial charge in [0.25, 0.3) is 11.8 Å². The molecule has 2 aliphatic rings. The van der Waals surface area contributed by atoms with E-state index in [1.807, 2.05) is 37.6 Å². The number of carbonyl (C=O) groups excluding carboxylic acids is 2. The fourth-order valence-electron chi connectivity index (χ4n) is 4.20. The third-order valence-corrected chi connectivity index (χ3v) is 6.08.